The molecule has 1 amide bonds. The Balaban J connectivity index is 1.95. The largest absolute Gasteiger partial charge is 0.494 e. The van der Waals surface area contributed by atoms with Gasteiger partial charge in [-0.2, -0.15) is 5.10 Å². The lowest BCUT2D eigenvalue weighted by Gasteiger charge is -2.22. The SMILES string of the molecule is CCOc1ccccc1C1CC(c2ccc(C)cc2)=NN1C(C)=O. The summed E-state index contributed by atoms with van der Waals surface area (Å²) in [5.41, 5.74) is 4.20. The van der Waals surface area contributed by atoms with Gasteiger partial charge in [-0.3, -0.25) is 4.79 Å². The highest BCUT2D eigenvalue weighted by Gasteiger charge is 2.33. The van der Waals surface area contributed by atoms with Crippen LogP contribution < -0.4 is 4.74 Å². The fourth-order valence-corrected chi connectivity index (χ4v) is 3.01. The molecule has 0 saturated heterocycles. The zero-order valence-corrected chi connectivity index (χ0v) is 14.3. The Morgan fingerprint density at radius 2 is 1.92 bits per heavy atom. The molecule has 2 aromatic rings. The first kappa shape index (κ1) is 16.2. The van der Waals surface area contributed by atoms with Gasteiger partial charge in [0.15, 0.2) is 0 Å². The molecule has 1 heterocycles. The molecule has 4 heteroatoms. The second kappa shape index (κ2) is 6.87. The summed E-state index contributed by atoms with van der Waals surface area (Å²) < 4.78 is 5.75. The Hall–Kier alpha value is -2.62. The smallest absolute Gasteiger partial charge is 0.240 e. The Morgan fingerprint density at radius 3 is 2.58 bits per heavy atom. The van der Waals surface area contributed by atoms with Crippen LogP contribution in [-0.2, 0) is 4.79 Å². The minimum Gasteiger partial charge on any atom is -0.494 e. The highest BCUT2D eigenvalue weighted by Crippen LogP contribution is 2.37. The molecule has 1 aliphatic heterocycles. The van der Waals surface area contributed by atoms with Crippen LogP contribution in [0.4, 0.5) is 0 Å². The Labute approximate surface area is 142 Å². The zero-order valence-electron chi connectivity index (χ0n) is 14.3. The van der Waals surface area contributed by atoms with Gasteiger partial charge in [-0.25, -0.2) is 5.01 Å². The topological polar surface area (TPSA) is 41.9 Å². The predicted molar refractivity (Wildman–Crippen MR) is 95.2 cm³/mol. The molecular weight excluding hydrogens is 300 g/mol. The van der Waals surface area contributed by atoms with Crippen molar-refractivity contribution in [3.8, 4) is 5.75 Å². The fourth-order valence-electron chi connectivity index (χ4n) is 3.01. The van der Waals surface area contributed by atoms with Gasteiger partial charge >= 0.3 is 0 Å². The maximum atomic E-state index is 12.1. The molecule has 1 unspecified atom stereocenters. The summed E-state index contributed by atoms with van der Waals surface area (Å²) in [6.45, 7) is 6.17. The number of nitrogens with zero attached hydrogens (tertiary/aromatic N) is 2. The maximum Gasteiger partial charge on any atom is 0.240 e. The molecule has 1 atom stereocenters. The number of benzene rings is 2. The average Bonchev–Trinajstić information content (AvgIpc) is 3.02. The molecule has 0 bridgehead atoms. The van der Waals surface area contributed by atoms with Crippen molar-refractivity contribution >= 4 is 11.6 Å². The third-order valence-corrected chi connectivity index (χ3v) is 4.20. The van der Waals surface area contributed by atoms with E-state index in [0.717, 1.165) is 22.6 Å². The third kappa shape index (κ3) is 3.18. The average molecular weight is 322 g/mol. The van der Waals surface area contributed by atoms with Crippen LogP contribution >= 0.6 is 0 Å². The number of carbonyl (C=O) groups excluding carboxylic acids is 1. The Morgan fingerprint density at radius 1 is 1.21 bits per heavy atom. The van der Waals surface area contributed by atoms with E-state index in [1.54, 1.807) is 11.9 Å². The van der Waals surface area contributed by atoms with Crippen LogP contribution in [0.3, 0.4) is 0 Å². The first-order chi connectivity index (χ1) is 11.6. The van der Waals surface area contributed by atoms with Gasteiger partial charge in [-0.15, -0.1) is 0 Å². The first-order valence-corrected chi connectivity index (χ1v) is 8.26. The van der Waals surface area contributed by atoms with Gasteiger partial charge in [0.25, 0.3) is 0 Å². The quantitative estimate of drug-likeness (QED) is 0.851. The molecule has 0 aromatic heterocycles. The van der Waals surface area contributed by atoms with E-state index in [1.807, 2.05) is 31.2 Å². The van der Waals surface area contributed by atoms with Gasteiger partial charge in [0.1, 0.15) is 5.75 Å². The van der Waals surface area contributed by atoms with E-state index in [-0.39, 0.29) is 11.9 Å². The van der Waals surface area contributed by atoms with E-state index in [1.165, 1.54) is 5.56 Å². The van der Waals surface area contributed by atoms with Gasteiger partial charge in [0, 0.05) is 18.9 Å². The van der Waals surface area contributed by atoms with E-state index in [4.69, 9.17) is 4.74 Å². The highest BCUT2D eigenvalue weighted by molar-refractivity contribution is 6.03. The van der Waals surface area contributed by atoms with Crippen molar-refractivity contribution in [1.82, 2.24) is 5.01 Å². The molecule has 2 aromatic carbocycles. The minimum absolute atomic E-state index is 0.0617. The van der Waals surface area contributed by atoms with Gasteiger partial charge in [0.05, 0.1) is 18.4 Å². The minimum atomic E-state index is -0.124. The summed E-state index contributed by atoms with van der Waals surface area (Å²) in [5, 5.41) is 6.17. The van der Waals surface area contributed by atoms with Crippen molar-refractivity contribution in [3.63, 3.8) is 0 Å². The molecule has 3 rings (SSSR count). The zero-order chi connectivity index (χ0) is 17.1. The first-order valence-electron chi connectivity index (χ1n) is 8.26. The number of amides is 1. The number of hydrogen-bond acceptors (Lipinski definition) is 3. The summed E-state index contributed by atoms with van der Waals surface area (Å²) >= 11 is 0. The molecule has 24 heavy (non-hydrogen) atoms. The molecule has 0 N–H and O–H groups in total. The number of ether oxygens (including phenoxy) is 1. The van der Waals surface area contributed by atoms with Crippen molar-refractivity contribution in [3.05, 3.63) is 65.2 Å². The monoisotopic (exact) mass is 322 g/mol. The lowest BCUT2D eigenvalue weighted by Crippen LogP contribution is -2.24. The van der Waals surface area contributed by atoms with Crippen LogP contribution in [0.5, 0.6) is 5.75 Å². The van der Waals surface area contributed by atoms with Crippen LogP contribution in [0, 0.1) is 6.92 Å². The number of carbonyl (C=O) groups is 1. The van der Waals surface area contributed by atoms with E-state index in [2.05, 4.69) is 36.3 Å². The second-order valence-electron chi connectivity index (χ2n) is 5.97. The fraction of sp³-hybridized carbons (Fsp3) is 0.300. The van der Waals surface area contributed by atoms with Crippen LogP contribution in [-0.4, -0.2) is 23.2 Å². The number of aryl methyl sites for hydroxylation is 1. The van der Waals surface area contributed by atoms with Crippen molar-refractivity contribution in [2.24, 2.45) is 5.10 Å². The van der Waals surface area contributed by atoms with Crippen LogP contribution in [0.25, 0.3) is 0 Å². The molecule has 1 aliphatic rings. The third-order valence-electron chi connectivity index (χ3n) is 4.20. The van der Waals surface area contributed by atoms with E-state index in [9.17, 15) is 4.79 Å². The number of para-hydroxylation sites is 1. The molecule has 0 fully saturated rings. The van der Waals surface area contributed by atoms with Crippen LogP contribution in [0.1, 0.15) is 43.0 Å². The summed E-state index contributed by atoms with van der Waals surface area (Å²) in [6, 6.07) is 16.0. The van der Waals surface area contributed by atoms with Gasteiger partial charge in [-0.1, -0.05) is 48.0 Å². The highest BCUT2D eigenvalue weighted by atomic mass is 16.5. The van der Waals surface area contributed by atoms with E-state index < -0.39 is 0 Å². The van der Waals surface area contributed by atoms with Gasteiger partial charge in [-0.05, 0) is 25.5 Å². The molecule has 0 spiro atoms. The Kier molecular flexibility index (Phi) is 4.65. The van der Waals surface area contributed by atoms with Crippen LogP contribution in [0.15, 0.2) is 53.6 Å². The normalized spacial score (nSPS) is 16.9. The van der Waals surface area contributed by atoms with E-state index in [0.29, 0.717) is 13.0 Å². The lowest BCUT2D eigenvalue weighted by atomic mass is 9.97. The van der Waals surface area contributed by atoms with Crippen molar-refractivity contribution in [2.75, 3.05) is 6.61 Å². The molecule has 0 saturated carbocycles. The van der Waals surface area contributed by atoms with Crippen molar-refractivity contribution in [1.29, 1.82) is 0 Å². The second-order valence-corrected chi connectivity index (χ2v) is 5.97. The number of hydrogen-bond donors (Lipinski definition) is 0. The number of hydrazone groups is 1. The molecule has 4 nitrogen and oxygen atoms in total. The molecule has 124 valence electrons. The number of rotatable bonds is 4. The predicted octanol–water partition coefficient (Wildman–Crippen LogP) is 4.09. The Bertz CT molecular complexity index is 765. The molecular formula is C20H22N2O2. The van der Waals surface area contributed by atoms with Gasteiger partial charge in [0.2, 0.25) is 5.91 Å². The standard InChI is InChI=1S/C20H22N2O2/c1-4-24-20-8-6-5-7-17(20)19-13-18(21-22(19)15(3)23)16-11-9-14(2)10-12-16/h5-12,19H,4,13H2,1-3H3. The summed E-state index contributed by atoms with van der Waals surface area (Å²) in [7, 11) is 0. The summed E-state index contributed by atoms with van der Waals surface area (Å²) in [4.78, 5) is 12.1. The van der Waals surface area contributed by atoms with E-state index >= 15 is 0 Å². The summed E-state index contributed by atoms with van der Waals surface area (Å²) in [5.74, 6) is 0.755. The van der Waals surface area contributed by atoms with Crippen LogP contribution in [0.2, 0.25) is 0 Å². The summed E-state index contributed by atoms with van der Waals surface area (Å²) in [6.07, 6.45) is 0.687. The van der Waals surface area contributed by atoms with Crippen molar-refractivity contribution < 1.29 is 9.53 Å². The maximum absolute atomic E-state index is 12.1. The molecule has 0 aliphatic carbocycles. The van der Waals surface area contributed by atoms with Gasteiger partial charge < -0.3 is 4.74 Å². The molecule has 0 radical (unpaired) electrons. The lowest BCUT2D eigenvalue weighted by molar-refractivity contribution is -0.130. The van der Waals surface area contributed by atoms with Crippen molar-refractivity contribution in [2.45, 2.75) is 33.2 Å².